The van der Waals surface area contributed by atoms with E-state index in [2.05, 4.69) is 15.3 Å². The van der Waals surface area contributed by atoms with Crippen LogP contribution in [0.3, 0.4) is 0 Å². The van der Waals surface area contributed by atoms with Crippen molar-refractivity contribution in [3.63, 3.8) is 0 Å². The average molecular weight is 436 g/mol. The first-order valence-corrected chi connectivity index (χ1v) is 10.1. The molecule has 0 saturated heterocycles. The summed E-state index contributed by atoms with van der Waals surface area (Å²) in [5, 5.41) is 2.86. The molecule has 0 fully saturated rings. The van der Waals surface area contributed by atoms with Crippen LogP contribution in [0.2, 0.25) is 0 Å². The number of carbonyl (C=O) groups is 2. The summed E-state index contributed by atoms with van der Waals surface area (Å²) in [6.45, 7) is 0.450. The number of H-pyrrole nitrogens is 1. The Labute approximate surface area is 185 Å². The molecule has 0 radical (unpaired) electrons. The zero-order valence-corrected chi connectivity index (χ0v) is 18.0. The number of aromatic amines is 1. The minimum absolute atomic E-state index is 0.278. The third-order valence-corrected chi connectivity index (χ3v) is 5.45. The summed E-state index contributed by atoms with van der Waals surface area (Å²) in [6.07, 6.45) is 2.25. The Morgan fingerprint density at radius 3 is 2.50 bits per heavy atom. The van der Waals surface area contributed by atoms with E-state index in [9.17, 15) is 9.59 Å². The second kappa shape index (κ2) is 9.01. The topological polar surface area (TPSA) is 106 Å². The smallest absolute Gasteiger partial charge is 0.339 e. The Hall–Kier alpha value is -4.01. The number of benzene rings is 2. The van der Waals surface area contributed by atoms with Gasteiger partial charge in [0.1, 0.15) is 17.5 Å². The van der Waals surface area contributed by atoms with E-state index in [0.29, 0.717) is 30.2 Å². The standard InChI is InChI=1S/C23H24N4O5/c1-30-15-10-14(11-16(12-15)31-2)21-20-19(24-13-25-20)8-9-27(21)23(29)26-18-7-5-4-6-17(18)22(28)32-3/h4-7,10-13,21H,8-9H2,1-3H3,(H,24,25)(H,26,29)/t21-/m0/s1. The van der Waals surface area contributed by atoms with E-state index in [1.54, 1.807) is 55.8 Å². The Bertz CT molecular complexity index is 1120. The van der Waals surface area contributed by atoms with E-state index in [-0.39, 0.29) is 11.6 Å². The lowest BCUT2D eigenvalue weighted by Crippen LogP contribution is -2.43. The molecule has 4 rings (SSSR count). The monoisotopic (exact) mass is 436 g/mol. The van der Waals surface area contributed by atoms with Crippen LogP contribution in [0.15, 0.2) is 48.8 Å². The molecule has 0 bridgehead atoms. The lowest BCUT2D eigenvalue weighted by Gasteiger charge is -2.35. The van der Waals surface area contributed by atoms with Crippen LogP contribution in [0.1, 0.15) is 33.4 Å². The number of nitrogens with one attached hydrogen (secondary N) is 2. The van der Waals surface area contributed by atoms with E-state index in [1.165, 1.54) is 7.11 Å². The van der Waals surface area contributed by atoms with Crippen molar-refractivity contribution in [2.75, 3.05) is 33.2 Å². The lowest BCUT2D eigenvalue weighted by atomic mass is 9.95. The summed E-state index contributed by atoms with van der Waals surface area (Å²) < 4.78 is 15.7. The quantitative estimate of drug-likeness (QED) is 0.594. The molecule has 1 aromatic heterocycles. The van der Waals surface area contributed by atoms with Gasteiger partial charge in [-0.3, -0.25) is 0 Å². The zero-order valence-electron chi connectivity index (χ0n) is 18.0. The number of methoxy groups -OCH3 is 3. The van der Waals surface area contributed by atoms with Crippen LogP contribution >= 0.6 is 0 Å². The van der Waals surface area contributed by atoms with Crippen LogP contribution in [0, 0.1) is 0 Å². The fourth-order valence-electron chi connectivity index (χ4n) is 3.89. The number of para-hydroxylation sites is 1. The van der Waals surface area contributed by atoms with Gasteiger partial charge in [-0.25, -0.2) is 14.6 Å². The van der Waals surface area contributed by atoms with Gasteiger partial charge in [-0.1, -0.05) is 12.1 Å². The number of hydrogen-bond acceptors (Lipinski definition) is 6. The second-order valence-electron chi connectivity index (χ2n) is 7.23. The van der Waals surface area contributed by atoms with Crippen molar-refractivity contribution in [2.45, 2.75) is 12.5 Å². The van der Waals surface area contributed by atoms with Gasteiger partial charge in [0.2, 0.25) is 0 Å². The Balaban J connectivity index is 1.72. The molecule has 0 spiro atoms. The first-order valence-electron chi connectivity index (χ1n) is 10.1. The SMILES string of the molecule is COC(=O)c1ccccc1NC(=O)N1CCc2[nH]cnc2[C@@H]1c1cc(OC)cc(OC)c1. The van der Waals surface area contributed by atoms with E-state index < -0.39 is 12.0 Å². The highest BCUT2D eigenvalue weighted by Gasteiger charge is 2.35. The largest absolute Gasteiger partial charge is 0.497 e. The summed E-state index contributed by atoms with van der Waals surface area (Å²) in [5.74, 6) is 0.694. The number of carbonyl (C=O) groups excluding carboxylic acids is 2. The predicted octanol–water partition coefficient (Wildman–Crippen LogP) is 3.39. The molecule has 2 aromatic carbocycles. The van der Waals surface area contributed by atoms with E-state index >= 15 is 0 Å². The van der Waals surface area contributed by atoms with Gasteiger partial charge in [0.25, 0.3) is 0 Å². The number of ether oxygens (including phenoxy) is 3. The number of fused-ring (bicyclic) bond motifs is 1. The van der Waals surface area contributed by atoms with Gasteiger partial charge in [-0.2, -0.15) is 0 Å². The van der Waals surface area contributed by atoms with Gasteiger partial charge in [0, 0.05) is 24.7 Å². The minimum Gasteiger partial charge on any atom is -0.497 e. The summed E-state index contributed by atoms with van der Waals surface area (Å²) in [7, 11) is 4.46. The molecule has 9 heteroatoms. The molecule has 166 valence electrons. The lowest BCUT2D eigenvalue weighted by molar-refractivity contribution is 0.0602. The van der Waals surface area contributed by atoms with Crippen LogP contribution < -0.4 is 14.8 Å². The van der Waals surface area contributed by atoms with Crippen LogP contribution in [-0.4, -0.2) is 54.7 Å². The summed E-state index contributed by atoms with van der Waals surface area (Å²) in [5.41, 5.74) is 3.17. The molecule has 3 aromatic rings. The van der Waals surface area contributed by atoms with Crippen LogP contribution in [0.4, 0.5) is 10.5 Å². The Morgan fingerprint density at radius 2 is 1.81 bits per heavy atom. The molecule has 9 nitrogen and oxygen atoms in total. The molecule has 0 unspecified atom stereocenters. The molecule has 2 heterocycles. The number of urea groups is 1. The molecule has 1 atom stereocenters. The minimum atomic E-state index is -0.525. The van der Waals surface area contributed by atoms with Gasteiger partial charge in [-0.05, 0) is 29.8 Å². The summed E-state index contributed by atoms with van der Waals surface area (Å²) in [6, 6.07) is 11.4. The van der Waals surface area contributed by atoms with Crippen LogP contribution in [-0.2, 0) is 11.2 Å². The third kappa shape index (κ3) is 3.96. The van der Waals surface area contributed by atoms with E-state index in [1.807, 2.05) is 12.1 Å². The highest BCUT2D eigenvalue weighted by atomic mass is 16.5. The van der Waals surface area contributed by atoms with Crippen LogP contribution in [0.25, 0.3) is 0 Å². The summed E-state index contributed by atoms with van der Waals surface area (Å²) in [4.78, 5) is 34.9. The normalized spacial score (nSPS) is 15.0. The molecule has 1 aliphatic heterocycles. The fourth-order valence-corrected chi connectivity index (χ4v) is 3.89. The van der Waals surface area contributed by atoms with Gasteiger partial charge in [0.15, 0.2) is 0 Å². The van der Waals surface area contributed by atoms with Crippen molar-refractivity contribution in [2.24, 2.45) is 0 Å². The average Bonchev–Trinajstić information content (AvgIpc) is 3.31. The van der Waals surface area contributed by atoms with Gasteiger partial charge < -0.3 is 29.4 Å². The van der Waals surface area contributed by atoms with Crippen molar-refractivity contribution >= 4 is 17.7 Å². The number of hydrogen-bond donors (Lipinski definition) is 2. The maximum atomic E-state index is 13.4. The number of nitrogens with zero attached hydrogens (tertiary/aromatic N) is 2. The highest BCUT2D eigenvalue weighted by molar-refractivity contribution is 6.01. The van der Waals surface area contributed by atoms with Gasteiger partial charge in [-0.15, -0.1) is 0 Å². The molecule has 1 aliphatic rings. The van der Waals surface area contributed by atoms with Gasteiger partial charge in [0.05, 0.1) is 44.6 Å². The summed E-state index contributed by atoms with van der Waals surface area (Å²) >= 11 is 0. The predicted molar refractivity (Wildman–Crippen MR) is 117 cm³/mol. The Morgan fingerprint density at radius 1 is 1.09 bits per heavy atom. The Kier molecular flexibility index (Phi) is 5.98. The van der Waals surface area contributed by atoms with E-state index in [4.69, 9.17) is 14.2 Å². The number of anilines is 1. The molecule has 2 N–H and O–H groups in total. The molecule has 0 saturated carbocycles. The maximum absolute atomic E-state index is 13.4. The number of amides is 2. The van der Waals surface area contributed by atoms with Crippen molar-refractivity contribution in [1.82, 2.24) is 14.9 Å². The van der Waals surface area contributed by atoms with E-state index in [0.717, 1.165) is 17.0 Å². The second-order valence-corrected chi connectivity index (χ2v) is 7.23. The van der Waals surface area contributed by atoms with Gasteiger partial charge >= 0.3 is 12.0 Å². The fraction of sp³-hybridized carbons (Fsp3) is 0.261. The third-order valence-electron chi connectivity index (χ3n) is 5.45. The number of esters is 1. The van der Waals surface area contributed by atoms with Crippen molar-refractivity contribution in [3.05, 3.63) is 71.3 Å². The molecule has 2 amide bonds. The first kappa shape index (κ1) is 21.2. The number of imidazole rings is 1. The highest BCUT2D eigenvalue weighted by Crippen LogP contribution is 2.37. The molecular weight excluding hydrogens is 412 g/mol. The molecular formula is C23H24N4O5. The van der Waals surface area contributed by atoms with Crippen molar-refractivity contribution in [3.8, 4) is 11.5 Å². The maximum Gasteiger partial charge on any atom is 0.339 e. The number of rotatable bonds is 5. The molecule has 32 heavy (non-hydrogen) atoms. The zero-order chi connectivity index (χ0) is 22.7. The van der Waals surface area contributed by atoms with Crippen molar-refractivity contribution in [1.29, 1.82) is 0 Å². The van der Waals surface area contributed by atoms with Crippen LogP contribution in [0.5, 0.6) is 11.5 Å². The number of aromatic nitrogens is 2. The first-order chi connectivity index (χ1) is 15.5. The van der Waals surface area contributed by atoms with Crippen molar-refractivity contribution < 1.29 is 23.8 Å². The molecule has 0 aliphatic carbocycles.